The molecule has 1 aliphatic heterocycles. The smallest absolute Gasteiger partial charge is 0.269 e. The Bertz CT molecular complexity index is 961. The van der Waals surface area contributed by atoms with Crippen LogP contribution in [0.25, 0.3) is 11.0 Å². The van der Waals surface area contributed by atoms with Gasteiger partial charge >= 0.3 is 0 Å². The Hall–Kier alpha value is -2.38. The summed E-state index contributed by atoms with van der Waals surface area (Å²) in [6, 6.07) is 12.2. The molecule has 6 nitrogen and oxygen atoms in total. The highest BCUT2D eigenvalue weighted by Crippen LogP contribution is 2.28. The number of nitrogens with one attached hydrogen (secondary N) is 1. The molecule has 24 heavy (non-hydrogen) atoms. The first-order valence-electron chi connectivity index (χ1n) is 7.90. The fraction of sp³-hybridized carbons (Fsp3) is 0.235. The van der Waals surface area contributed by atoms with E-state index in [-0.39, 0.29) is 4.90 Å². The van der Waals surface area contributed by atoms with E-state index in [9.17, 15) is 8.42 Å². The molecule has 1 N–H and O–H groups in total. The van der Waals surface area contributed by atoms with Crippen molar-refractivity contribution in [3.63, 3.8) is 0 Å². The van der Waals surface area contributed by atoms with Gasteiger partial charge in [-0.05, 0) is 24.3 Å². The molecule has 4 rings (SSSR count). The normalized spacial score (nSPS) is 15.8. The van der Waals surface area contributed by atoms with Crippen LogP contribution in [0.15, 0.2) is 59.8 Å². The summed E-state index contributed by atoms with van der Waals surface area (Å²) in [4.78, 5) is 6.85. The molecule has 0 spiro atoms. The monoisotopic (exact) mass is 342 g/mol. The minimum absolute atomic E-state index is 0.261. The topological polar surface area (TPSA) is 67.2 Å². The minimum Gasteiger partial charge on any atom is -0.368 e. The molecule has 124 valence electrons. The molecule has 0 amide bonds. The van der Waals surface area contributed by atoms with Gasteiger partial charge in [0.2, 0.25) is 0 Å². The maximum absolute atomic E-state index is 12.9. The Balaban J connectivity index is 1.84. The average Bonchev–Trinajstić information content (AvgIpc) is 3.08. The number of piperazine rings is 1. The zero-order valence-electron chi connectivity index (χ0n) is 13.1. The van der Waals surface area contributed by atoms with Crippen molar-refractivity contribution in [3.8, 4) is 0 Å². The van der Waals surface area contributed by atoms with E-state index in [4.69, 9.17) is 0 Å². The van der Waals surface area contributed by atoms with Gasteiger partial charge in [-0.2, -0.15) is 0 Å². The highest BCUT2D eigenvalue weighted by Gasteiger charge is 2.22. The van der Waals surface area contributed by atoms with Crippen LogP contribution in [-0.4, -0.2) is 43.6 Å². The molecule has 1 aromatic carbocycles. The number of hydrogen-bond donors (Lipinski definition) is 1. The van der Waals surface area contributed by atoms with Crippen molar-refractivity contribution in [2.24, 2.45) is 0 Å². The number of hydrogen-bond acceptors (Lipinski definition) is 5. The van der Waals surface area contributed by atoms with Crippen LogP contribution in [0.5, 0.6) is 0 Å². The van der Waals surface area contributed by atoms with E-state index in [1.165, 1.54) is 3.97 Å². The number of fused-ring (bicyclic) bond motifs is 1. The Morgan fingerprint density at radius 1 is 1.00 bits per heavy atom. The van der Waals surface area contributed by atoms with E-state index in [1.807, 2.05) is 12.1 Å². The van der Waals surface area contributed by atoms with Crippen molar-refractivity contribution >= 4 is 26.7 Å². The second kappa shape index (κ2) is 5.92. The molecule has 0 bridgehead atoms. The summed E-state index contributed by atoms with van der Waals surface area (Å²) in [7, 11) is -3.65. The zero-order chi connectivity index (χ0) is 16.6. The van der Waals surface area contributed by atoms with E-state index in [0.29, 0.717) is 5.65 Å². The zero-order valence-corrected chi connectivity index (χ0v) is 13.9. The Labute approximate surface area is 140 Å². The van der Waals surface area contributed by atoms with Gasteiger partial charge in [-0.1, -0.05) is 18.2 Å². The summed E-state index contributed by atoms with van der Waals surface area (Å²) in [5.74, 6) is 0. The molecule has 0 aliphatic carbocycles. The maximum Gasteiger partial charge on any atom is 0.269 e. The van der Waals surface area contributed by atoms with Crippen LogP contribution in [0.1, 0.15) is 0 Å². The van der Waals surface area contributed by atoms with Gasteiger partial charge in [0.05, 0.1) is 4.90 Å². The molecule has 0 unspecified atom stereocenters. The van der Waals surface area contributed by atoms with E-state index in [2.05, 4.69) is 15.2 Å². The summed E-state index contributed by atoms with van der Waals surface area (Å²) in [6.07, 6.45) is 3.27. The van der Waals surface area contributed by atoms with Gasteiger partial charge in [-0.15, -0.1) is 0 Å². The number of benzene rings is 1. The first-order chi connectivity index (χ1) is 11.7. The van der Waals surface area contributed by atoms with Crippen LogP contribution in [0.4, 0.5) is 5.69 Å². The average molecular weight is 342 g/mol. The lowest BCUT2D eigenvalue weighted by atomic mass is 10.2. The number of anilines is 1. The largest absolute Gasteiger partial charge is 0.368 e. The fourth-order valence-electron chi connectivity index (χ4n) is 3.08. The van der Waals surface area contributed by atoms with Crippen molar-refractivity contribution in [1.29, 1.82) is 0 Å². The quantitative estimate of drug-likeness (QED) is 0.784. The van der Waals surface area contributed by atoms with Gasteiger partial charge < -0.3 is 10.2 Å². The third-order valence-corrected chi connectivity index (χ3v) is 5.97. The standard InChI is InChI=1S/C17H18N4O2S/c22-24(23,14-4-2-1-3-5-14)21-11-7-15-16(6-8-19-17(15)21)20-12-9-18-10-13-20/h1-8,11,18H,9-10,12-13H2. The van der Waals surface area contributed by atoms with Crippen molar-refractivity contribution in [3.05, 3.63) is 54.9 Å². The van der Waals surface area contributed by atoms with Crippen LogP contribution >= 0.6 is 0 Å². The lowest BCUT2D eigenvalue weighted by Gasteiger charge is -2.29. The van der Waals surface area contributed by atoms with Crippen LogP contribution in [0.2, 0.25) is 0 Å². The van der Waals surface area contributed by atoms with E-state index in [0.717, 1.165) is 37.3 Å². The van der Waals surface area contributed by atoms with Crippen molar-refractivity contribution < 1.29 is 8.42 Å². The second-order valence-electron chi connectivity index (χ2n) is 5.73. The van der Waals surface area contributed by atoms with Crippen LogP contribution < -0.4 is 10.2 Å². The molecular formula is C17H18N4O2S. The molecule has 1 aliphatic rings. The first kappa shape index (κ1) is 15.2. The minimum atomic E-state index is -3.65. The van der Waals surface area contributed by atoms with Gasteiger partial charge in [0.15, 0.2) is 5.65 Å². The fourth-order valence-corrected chi connectivity index (χ4v) is 4.40. The molecule has 0 radical (unpaired) electrons. The molecular weight excluding hydrogens is 324 g/mol. The molecule has 3 aromatic rings. The van der Waals surface area contributed by atoms with Crippen LogP contribution in [0.3, 0.4) is 0 Å². The molecule has 1 fully saturated rings. The first-order valence-corrected chi connectivity index (χ1v) is 9.34. The van der Waals surface area contributed by atoms with Crippen molar-refractivity contribution in [1.82, 2.24) is 14.3 Å². The molecule has 7 heteroatoms. The second-order valence-corrected chi connectivity index (χ2v) is 7.55. The van der Waals surface area contributed by atoms with Gasteiger partial charge in [-0.3, -0.25) is 0 Å². The summed E-state index contributed by atoms with van der Waals surface area (Å²) in [6.45, 7) is 3.64. The SMILES string of the molecule is O=S(=O)(c1ccccc1)n1ccc2c(N3CCNCC3)ccnc21. The van der Waals surface area contributed by atoms with Gasteiger partial charge in [0.25, 0.3) is 10.0 Å². The van der Waals surface area contributed by atoms with Crippen molar-refractivity contribution in [2.45, 2.75) is 4.90 Å². The van der Waals surface area contributed by atoms with E-state index < -0.39 is 10.0 Å². The molecule has 1 saturated heterocycles. The predicted molar refractivity (Wildman–Crippen MR) is 93.8 cm³/mol. The number of pyridine rings is 1. The Morgan fingerprint density at radius 2 is 1.75 bits per heavy atom. The summed E-state index contributed by atoms with van der Waals surface area (Å²) >= 11 is 0. The molecule has 0 saturated carbocycles. The Morgan fingerprint density at radius 3 is 2.50 bits per heavy atom. The maximum atomic E-state index is 12.9. The summed E-state index contributed by atoms with van der Waals surface area (Å²) in [5, 5.41) is 4.19. The van der Waals surface area contributed by atoms with E-state index in [1.54, 1.807) is 42.7 Å². The van der Waals surface area contributed by atoms with Crippen molar-refractivity contribution in [2.75, 3.05) is 31.1 Å². The van der Waals surface area contributed by atoms with Crippen LogP contribution in [-0.2, 0) is 10.0 Å². The van der Waals surface area contributed by atoms with E-state index >= 15 is 0 Å². The molecule has 2 aromatic heterocycles. The Kier molecular flexibility index (Phi) is 3.74. The third-order valence-electron chi connectivity index (χ3n) is 4.29. The lowest BCUT2D eigenvalue weighted by Crippen LogP contribution is -2.43. The van der Waals surface area contributed by atoms with Gasteiger partial charge in [0.1, 0.15) is 0 Å². The molecule has 0 atom stereocenters. The predicted octanol–water partition coefficient (Wildman–Crippen LogP) is 1.68. The number of rotatable bonds is 3. The highest BCUT2D eigenvalue weighted by molar-refractivity contribution is 7.90. The number of nitrogens with zero attached hydrogens (tertiary/aromatic N) is 3. The lowest BCUT2D eigenvalue weighted by molar-refractivity contribution is 0.588. The molecule has 3 heterocycles. The number of aromatic nitrogens is 2. The third kappa shape index (κ3) is 2.46. The van der Waals surface area contributed by atoms with Gasteiger partial charge in [-0.25, -0.2) is 17.4 Å². The summed E-state index contributed by atoms with van der Waals surface area (Å²) in [5.41, 5.74) is 1.50. The highest BCUT2D eigenvalue weighted by atomic mass is 32.2. The summed E-state index contributed by atoms with van der Waals surface area (Å²) < 4.78 is 27.1. The van der Waals surface area contributed by atoms with Gasteiger partial charge in [0, 0.05) is 49.6 Å². The van der Waals surface area contributed by atoms with Crippen LogP contribution in [0, 0.1) is 0 Å².